The van der Waals surface area contributed by atoms with Gasteiger partial charge in [-0.05, 0) is 12.0 Å². The van der Waals surface area contributed by atoms with Crippen LogP contribution in [0.15, 0.2) is 41.9 Å². The SMILES string of the molecule is C=C(Cl)CNC(=O)C(CC)c1ccccc1. The number of amides is 1. The quantitative estimate of drug-likeness (QED) is 0.838. The van der Waals surface area contributed by atoms with Crippen LogP contribution in [0.3, 0.4) is 0 Å². The second kappa shape index (κ2) is 6.33. The Morgan fingerprint density at radius 3 is 2.56 bits per heavy atom. The third kappa shape index (κ3) is 3.70. The predicted molar refractivity (Wildman–Crippen MR) is 67.5 cm³/mol. The molecule has 1 rings (SSSR count). The van der Waals surface area contributed by atoms with Crippen molar-refractivity contribution < 1.29 is 4.79 Å². The van der Waals surface area contributed by atoms with Crippen molar-refractivity contribution in [3.63, 3.8) is 0 Å². The van der Waals surface area contributed by atoms with Crippen molar-refractivity contribution in [2.24, 2.45) is 0 Å². The monoisotopic (exact) mass is 237 g/mol. The number of benzene rings is 1. The van der Waals surface area contributed by atoms with Gasteiger partial charge in [0.25, 0.3) is 0 Å². The maximum Gasteiger partial charge on any atom is 0.227 e. The minimum Gasteiger partial charge on any atom is -0.351 e. The van der Waals surface area contributed by atoms with E-state index >= 15 is 0 Å². The molecule has 2 nitrogen and oxygen atoms in total. The van der Waals surface area contributed by atoms with E-state index in [0.717, 1.165) is 12.0 Å². The molecule has 1 aromatic rings. The van der Waals surface area contributed by atoms with Gasteiger partial charge in [-0.15, -0.1) is 0 Å². The van der Waals surface area contributed by atoms with Gasteiger partial charge in [0.2, 0.25) is 5.91 Å². The van der Waals surface area contributed by atoms with E-state index in [9.17, 15) is 4.79 Å². The molecule has 0 aliphatic carbocycles. The number of nitrogens with one attached hydrogen (secondary N) is 1. The fraction of sp³-hybridized carbons (Fsp3) is 0.308. The zero-order valence-corrected chi connectivity index (χ0v) is 10.1. The summed E-state index contributed by atoms with van der Waals surface area (Å²) in [6.07, 6.45) is 0.768. The minimum absolute atomic E-state index is 0.00417. The summed E-state index contributed by atoms with van der Waals surface area (Å²) in [4.78, 5) is 11.9. The number of carbonyl (C=O) groups is 1. The maximum atomic E-state index is 11.9. The van der Waals surface area contributed by atoms with E-state index < -0.39 is 0 Å². The van der Waals surface area contributed by atoms with Crippen molar-refractivity contribution >= 4 is 17.5 Å². The summed E-state index contributed by atoms with van der Waals surface area (Å²) in [5, 5.41) is 3.20. The lowest BCUT2D eigenvalue weighted by atomic mass is 9.96. The van der Waals surface area contributed by atoms with Crippen LogP contribution in [0.4, 0.5) is 0 Å². The predicted octanol–water partition coefficient (Wildman–Crippen LogP) is 3.05. The molecule has 1 amide bonds. The maximum absolute atomic E-state index is 11.9. The molecule has 16 heavy (non-hydrogen) atoms. The number of carbonyl (C=O) groups excluding carboxylic acids is 1. The normalized spacial score (nSPS) is 11.9. The number of hydrogen-bond donors (Lipinski definition) is 1. The summed E-state index contributed by atoms with van der Waals surface area (Å²) < 4.78 is 0. The Hall–Kier alpha value is -1.28. The fourth-order valence-corrected chi connectivity index (χ4v) is 1.63. The van der Waals surface area contributed by atoms with E-state index in [-0.39, 0.29) is 11.8 Å². The summed E-state index contributed by atoms with van der Waals surface area (Å²) in [5.74, 6) is -0.118. The van der Waals surface area contributed by atoms with Crippen LogP contribution in [0.5, 0.6) is 0 Å². The van der Waals surface area contributed by atoms with Gasteiger partial charge < -0.3 is 5.32 Å². The molecule has 0 aliphatic heterocycles. The van der Waals surface area contributed by atoms with Crippen LogP contribution in [0.25, 0.3) is 0 Å². The average Bonchev–Trinajstić information content (AvgIpc) is 2.29. The Kier molecular flexibility index (Phi) is 5.06. The highest BCUT2D eigenvalue weighted by Crippen LogP contribution is 2.19. The molecule has 1 N–H and O–H groups in total. The highest BCUT2D eigenvalue weighted by Gasteiger charge is 2.17. The highest BCUT2D eigenvalue weighted by atomic mass is 35.5. The van der Waals surface area contributed by atoms with Crippen molar-refractivity contribution in [3.8, 4) is 0 Å². The summed E-state index contributed by atoms with van der Waals surface area (Å²) in [6, 6.07) is 9.73. The molecule has 1 aromatic carbocycles. The molecule has 0 heterocycles. The zero-order valence-electron chi connectivity index (χ0n) is 9.37. The topological polar surface area (TPSA) is 29.1 Å². The van der Waals surface area contributed by atoms with Crippen LogP contribution in [0.1, 0.15) is 24.8 Å². The van der Waals surface area contributed by atoms with Crippen LogP contribution in [0.2, 0.25) is 0 Å². The van der Waals surface area contributed by atoms with Gasteiger partial charge in [-0.1, -0.05) is 55.4 Å². The van der Waals surface area contributed by atoms with Gasteiger partial charge in [0.15, 0.2) is 0 Å². The first-order valence-corrected chi connectivity index (χ1v) is 5.69. The van der Waals surface area contributed by atoms with E-state index in [0.29, 0.717) is 11.6 Å². The zero-order chi connectivity index (χ0) is 12.0. The summed E-state index contributed by atoms with van der Waals surface area (Å²) in [7, 11) is 0. The van der Waals surface area contributed by atoms with Crippen LogP contribution in [0, 0.1) is 0 Å². The van der Waals surface area contributed by atoms with Gasteiger partial charge >= 0.3 is 0 Å². The fourth-order valence-electron chi connectivity index (χ4n) is 1.56. The van der Waals surface area contributed by atoms with Gasteiger partial charge in [0, 0.05) is 5.03 Å². The molecule has 0 spiro atoms. The minimum atomic E-state index is -0.114. The summed E-state index contributed by atoms with van der Waals surface area (Å²) >= 11 is 5.61. The average molecular weight is 238 g/mol. The first-order valence-electron chi connectivity index (χ1n) is 5.31. The molecule has 1 unspecified atom stereocenters. The third-order valence-electron chi connectivity index (χ3n) is 2.38. The molecule has 0 saturated carbocycles. The second-order valence-corrected chi connectivity index (χ2v) is 4.14. The largest absolute Gasteiger partial charge is 0.351 e. The Balaban J connectivity index is 2.68. The van der Waals surface area contributed by atoms with Crippen molar-refractivity contribution in [1.82, 2.24) is 5.32 Å². The summed E-state index contributed by atoms with van der Waals surface area (Å²) in [6.45, 7) is 5.85. The smallest absolute Gasteiger partial charge is 0.227 e. The van der Waals surface area contributed by atoms with Crippen molar-refractivity contribution in [2.45, 2.75) is 19.3 Å². The van der Waals surface area contributed by atoms with Gasteiger partial charge in [-0.3, -0.25) is 4.79 Å². The van der Waals surface area contributed by atoms with Gasteiger partial charge in [0.05, 0.1) is 12.5 Å². The molecule has 0 saturated heterocycles. The van der Waals surface area contributed by atoms with E-state index in [1.165, 1.54) is 0 Å². The van der Waals surface area contributed by atoms with E-state index in [1.807, 2.05) is 37.3 Å². The lowest BCUT2D eigenvalue weighted by Gasteiger charge is -2.14. The van der Waals surface area contributed by atoms with Gasteiger partial charge in [-0.25, -0.2) is 0 Å². The molecule has 0 aromatic heterocycles. The van der Waals surface area contributed by atoms with Crippen LogP contribution >= 0.6 is 11.6 Å². The lowest BCUT2D eigenvalue weighted by molar-refractivity contribution is -0.122. The first kappa shape index (κ1) is 12.8. The van der Waals surface area contributed by atoms with Crippen molar-refractivity contribution in [3.05, 3.63) is 47.5 Å². The first-order chi connectivity index (χ1) is 7.65. The molecule has 0 bridgehead atoms. The third-order valence-corrected chi connectivity index (χ3v) is 2.51. The lowest BCUT2D eigenvalue weighted by Crippen LogP contribution is -2.30. The standard InChI is InChI=1S/C13H16ClNO/c1-3-12(11-7-5-4-6-8-11)13(16)15-9-10(2)14/h4-8,12H,2-3,9H2,1H3,(H,15,16). The second-order valence-electron chi connectivity index (χ2n) is 3.61. The molecular formula is C13H16ClNO. The van der Waals surface area contributed by atoms with E-state index in [4.69, 9.17) is 11.6 Å². The molecule has 86 valence electrons. The van der Waals surface area contributed by atoms with E-state index in [2.05, 4.69) is 11.9 Å². The number of halogens is 1. The molecular weight excluding hydrogens is 222 g/mol. The van der Waals surface area contributed by atoms with Crippen molar-refractivity contribution in [2.75, 3.05) is 6.54 Å². The van der Waals surface area contributed by atoms with Crippen LogP contribution < -0.4 is 5.32 Å². The Bertz CT molecular complexity index is 361. The van der Waals surface area contributed by atoms with Gasteiger partial charge in [-0.2, -0.15) is 0 Å². The Labute approximate surface area is 101 Å². The van der Waals surface area contributed by atoms with E-state index in [1.54, 1.807) is 0 Å². The number of rotatable bonds is 5. The Morgan fingerprint density at radius 1 is 1.44 bits per heavy atom. The highest BCUT2D eigenvalue weighted by molar-refractivity contribution is 6.29. The van der Waals surface area contributed by atoms with Crippen molar-refractivity contribution in [1.29, 1.82) is 0 Å². The molecule has 0 aliphatic rings. The molecule has 1 atom stereocenters. The van der Waals surface area contributed by atoms with Gasteiger partial charge in [0.1, 0.15) is 0 Å². The van der Waals surface area contributed by atoms with Crippen LogP contribution in [-0.2, 0) is 4.79 Å². The molecule has 3 heteroatoms. The number of hydrogen-bond acceptors (Lipinski definition) is 1. The Morgan fingerprint density at radius 2 is 2.06 bits per heavy atom. The summed E-state index contributed by atoms with van der Waals surface area (Å²) in [5.41, 5.74) is 1.03. The van der Waals surface area contributed by atoms with Crippen LogP contribution in [-0.4, -0.2) is 12.5 Å². The molecule has 0 fully saturated rings. The molecule has 0 radical (unpaired) electrons.